The van der Waals surface area contributed by atoms with Crippen LogP contribution in [-0.2, 0) is 19.6 Å². The monoisotopic (exact) mass is 240 g/mol. The highest BCUT2D eigenvalue weighted by atomic mass is 15.3. The van der Waals surface area contributed by atoms with Crippen molar-refractivity contribution in [3.05, 3.63) is 53.3 Å². The molecule has 0 spiro atoms. The fraction of sp³-hybridized carbons (Fsp3) is 0.286. The zero-order valence-corrected chi connectivity index (χ0v) is 10.4. The lowest BCUT2D eigenvalue weighted by molar-refractivity contribution is 0.655. The Morgan fingerprint density at radius 1 is 1.22 bits per heavy atom. The molecule has 0 aliphatic rings. The molecule has 0 amide bonds. The van der Waals surface area contributed by atoms with E-state index >= 15 is 0 Å². The molecule has 0 atom stereocenters. The summed E-state index contributed by atoms with van der Waals surface area (Å²) in [5.41, 5.74) is 3.06. The molecule has 0 unspecified atom stereocenters. The molecule has 0 aliphatic carbocycles. The number of hydrogen-bond acceptors (Lipinski definition) is 3. The number of rotatable bonds is 5. The third-order valence-corrected chi connectivity index (χ3v) is 2.75. The third kappa shape index (κ3) is 3.19. The van der Waals surface area contributed by atoms with Gasteiger partial charge in [0, 0.05) is 31.4 Å². The van der Waals surface area contributed by atoms with E-state index in [2.05, 4.69) is 23.4 Å². The minimum absolute atomic E-state index is 0.697. The van der Waals surface area contributed by atoms with Gasteiger partial charge in [0.05, 0.1) is 17.8 Å². The van der Waals surface area contributed by atoms with Crippen molar-refractivity contribution >= 4 is 0 Å². The van der Waals surface area contributed by atoms with Crippen LogP contribution in [0.4, 0.5) is 0 Å². The molecule has 1 aromatic heterocycles. The summed E-state index contributed by atoms with van der Waals surface area (Å²) in [6.07, 6.45) is 3.93. The van der Waals surface area contributed by atoms with E-state index in [1.165, 1.54) is 11.1 Å². The summed E-state index contributed by atoms with van der Waals surface area (Å²) in [5, 5.41) is 16.3. The smallest absolute Gasteiger partial charge is 0.0991 e. The molecular formula is C14H16N4. The third-order valence-electron chi connectivity index (χ3n) is 2.75. The van der Waals surface area contributed by atoms with E-state index in [9.17, 15) is 0 Å². The van der Waals surface area contributed by atoms with Gasteiger partial charge in [-0.1, -0.05) is 12.1 Å². The minimum atomic E-state index is 0.697. The van der Waals surface area contributed by atoms with Crippen LogP contribution in [0.2, 0.25) is 0 Å². The van der Waals surface area contributed by atoms with Gasteiger partial charge < -0.3 is 5.32 Å². The summed E-state index contributed by atoms with van der Waals surface area (Å²) < 4.78 is 1.92. The highest BCUT2D eigenvalue weighted by molar-refractivity contribution is 5.31. The van der Waals surface area contributed by atoms with Crippen molar-refractivity contribution in [1.82, 2.24) is 15.1 Å². The first-order valence-electron chi connectivity index (χ1n) is 6.03. The summed E-state index contributed by atoms with van der Waals surface area (Å²) in [5.74, 6) is 0. The highest BCUT2D eigenvalue weighted by Gasteiger charge is 1.98. The lowest BCUT2D eigenvalue weighted by Gasteiger charge is -2.03. The van der Waals surface area contributed by atoms with Crippen LogP contribution in [0.5, 0.6) is 0 Å². The van der Waals surface area contributed by atoms with Gasteiger partial charge in [-0.15, -0.1) is 0 Å². The molecule has 0 saturated carbocycles. The van der Waals surface area contributed by atoms with Gasteiger partial charge in [-0.25, -0.2) is 0 Å². The molecule has 4 nitrogen and oxygen atoms in total. The summed E-state index contributed by atoms with van der Waals surface area (Å²) in [6.45, 7) is 4.57. The van der Waals surface area contributed by atoms with Gasteiger partial charge in [-0.2, -0.15) is 10.4 Å². The molecule has 0 aliphatic heterocycles. The van der Waals surface area contributed by atoms with Crippen molar-refractivity contribution in [3.8, 4) is 6.07 Å². The molecule has 0 bridgehead atoms. The van der Waals surface area contributed by atoms with E-state index in [4.69, 9.17) is 5.26 Å². The van der Waals surface area contributed by atoms with Crippen LogP contribution >= 0.6 is 0 Å². The van der Waals surface area contributed by atoms with Gasteiger partial charge in [0.1, 0.15) is 0 Å². The average Bonchev–Trinajstić information content (AvgIpc) is 2.87. The largest absolute Gasteiger partial charge is 0.309 e. The summed E-state index contributed by atoms with van der Waals surface area (Å²) in [4.78, 5) is 0. The van der Waals surface area contributed by atoms with Gasteiger partial charge in [-0.3, -0.25) is 4.68 Å². The highest BCUT2D eigenvalue weighted by Crippen LogP contribution is 2.04. The van der Waals surface area contributed by atoms with Crippen LogP contribution in [-0.4, -0.2) is 9.78 Å². The Bertz CT molecular complexity index is 534. The van der Waals surface area contributed by atoms with Gasteiger partial charge in [0.2, 0.25) is 0 Å². The Morgan fingerprint density at radius 2 is 1.94 bits per heavy atom. The lowest BCUT2D eigenvalue weighted by Crippen LogP contribution is -2.12. The van der Waals surface area contributed by atoms with Gasteiger partial charge >= 0.3 is 0 Å². The number of nitrogens with zero attached hydrogens (tertiary/aromatic N) is 3. The number of nitriles is 1. The molecule has 92 valence electrons. The molecule has 18 heavy (non-hydrogen) atoms. The first kappa shape index (κ1) is 12.3. The maximum Gasteiger partial charge on any atom is 0.0991 e. The summed E-state index contributed by atoms with van der Waals surface area (Å²) in [6, 6.07) is 9.74. The molecule has 0 fully saturated rings. The molecule has 2 rings (SSSR count). The summed E-state index contributed by atoms with van der Waals surface area (Å²) in [7, 11) is 0. The summed E-state index contributed by atoms with van der Waals surface area (Å²) >= 11 is 0. The number of benzene rings is 1. The molecule has 0 saturated heterocycles. The van der Waals surface area contributed by atoms with Gasteiger partial charge in [0.15, 0.2) is 0 Å². The van der Waals surface area contributed by atoms with Crippen LogP contribution in [0, 0.1) is 11.3 Å². The number of hydrogen-bond donors (Lipinski definition) is 1. The second-order valence-corrected chi connectivity index (χ2v) is 4.12. The number of nitrogens with one attached hydrogen (secondary N) is 1. The predicted molar refractivity (Wildman–Crippen MR) is 69.6 cm³/mol. The SMILES string of the molecule is CCn1cc(CNCc2ccc(C#N)cc2)cn1. The zero-order chi connectivity index (χ0) is 12.8. The van der Waals surface area contributed by atoms with Crippen LogP contribution in [0.15, 0.2) is 36.7 Å². The van der Waals surface area contributed by atoms with Crippen LogP contribution in [0.3, 0.4) is 0 Å². The van der Waals surface area contributed by atoms with Crippen LogP contribution < -0.4 is 5.32 Å². The van der Waals surface area contributed by atoms with Crippen LogP contribution in [0.25, 0.3) is 0 Å². The molecule has 1 N–H and O–H groups in total. The molecule has 1 aromatic carbocycles. The molecule has 0 radical (unpaired) electrons. The van der Waals surface area contributed by atoms with Gasteiger partial charge in [-0.05, 0) is 24.6 Å². The van der Waals surface area contributed by atoms with Gasteiger partial charge in [0.25, 0.3) is 0 Å². The van der Waals surface area contributed by atoms with Crippen molar-refractivity contribution in [2.24, 2.45) is 0 Å². The molecular weight excluding hydrogens is 224 g/mol. The fourth-order valence-electron chi connectivity index (χ4n) is 1.72. The average molecular weight is 240 g/mol. The zero-order valence-electron chi connectivity index (χ0n) is 10.4. The molecule has 2 aromatic rings. The van der Waals surface area contributed by atoms with Crippen molar-refractivity contribution < 1.29 is 0 Å². The fourth-order valence-corrected chi connectivity index (χ4v) is 1.72. The maximum absolute atomic E-state index is 8.70. The Labute approximate surface area is 107 Å². The second-order valence-electron chi connectivity index (χ2n) is 4.12. The number of aromatic nitrogens is 2. The predicted octanol–water partition coefficient (Wildman–Crippen LogP) is 2.06. The first-order chi connectivity index (χ1) is 8.81. The van der Waals surface area contributed by atoms with Crippen molar-refractivity contribution in [1.29, 1.82) is 5.26 Å². The first-order valence-corrected chi connectivity index (χ1v) is 6.03. The normalized spacial score (nSPS) is 10.2. The Balaban J connectivity index is 1.82. The second kappa shape index (κ2) is 5.99. The van der Waals surface area contributed by atoms with E-state index < -0.39 is 0 Å². The Morgan fingerprint density at radius 3 is 2.56 bits per heavy atom. The maximum atomic E-state index is 8.70. The minimum Gasteiger partial charge on any atom is -0.309 e. The standard InChI is InChI=1S/C14H16N4/c1-2-18-11-14(10-17-18)9-16-8-13-5-3-12(7-15)4-6-13/h3-6,10-11,16H,2,8-9H2,1H3. The van der Waals surface area contributed by atoms with Crippen molar-refractivity contribution in [2.75, 3.05) is 0 Å². The molecule has 4 heteroatoms. The van der Waals surface area contributed by atoms with E-state index in [1.807, 2.05) is 41.3 Å². The van der Waals surface area contributed by atoms with Crippen LogP contribution in [0.1, 0.15) is 23.6 Å². The topological polar surface area (TPSA) is 53.6 Å². The Kier molecular flexibility index (Phi) is 4.11. The lowest BCUT2D eigenvalue weighted by atomic mass is 10.1. The van der Waals surface area contributed by atoms with E-state index in [-0.39, 0.29) is 0 Å². The number of aryl methyl sites for hydroxylation is 1. The van der Waals surface area contributed by atoms with E-state index in [1.54, 1.807) is 0 Å². The van der Waals surface area contributed by atoms with Crippen molar-refractivity contribution in [3.63, 3.8) is 0 Å². The quantitative estimate of drug-likeness (QED) is 0.870. The van der Waals surface area contributed by atoms with Crippen molar-refractivity contribution in [2.45, 2.75) is 26.6 Å². The Hall–Kier alpha value is -2.12. The van der Waals surface area contributed by atoms with E-state index in [0.717, 1.165) is 19.6 Å². The molecule has 1 heterocycles. The van der Waals surface area contributed by atoms with E-state index in [0.29, 0.717) is 5.56 Å².